The molecule has 0 bridgehead atoms. The maximum absolute atomic E-state index is 12.6. The van der Waals surface area contributed by atoms with E-state index in [9.17, 15) is 13.2 Å². The van der Waals surface area contributed by atoms with Gasteiger partial charge in [-0.2, -0.15) is 4.31 Å². The van der Waals surface area contributed by atoms with Gasteiger partial charge < -0.3 is 14.8 Å². The SMILES string of the molecule is CCOc1c(Br)cc(C(=O)NCc2ccc(S(=O)(=O)N(C)C(C)C)cc2)cc1OC. The van der Waals surface area contributed by atoms with E-state index >= 15 is 0 Å². The zero-order chi connectivity index (χ0) is 22.5. The van der Waals surface area contributed by atoms with Gasteiger partial charge in [0.25, 0.3) is 5.91 Å². The second kappa shape index (κ2) is 10.3. The molecule has 2 rings (SSSR count). The number of halogens is 1. The molecule has 164 valence electrons. The monoisotopic (exact) mass is 498 g/mol. The van der Waals surface area contributed by atoms with Crippen LogP contribution in [-0.4, -0.2) is 45.4 Å². The van der Waals surface area contributed by atoms with Crippen molar-refractivity contribution >= 4 is 31.9 Å². The van der Waals surface area contributed by atoms with Crippen LogP contribution in [0.4, 0.5) is 0 Å². The number of hydrogen-bond donors (Lipinski definition) is 1. The van der Waals surface area contributed by atoms with Crippen LogP contribution in [0.25, 0.3) is 0 Å². The molecular weight excluding hydrogens is 472 g/mol. The molecule has 0 heterocycles. The van der Waals surface area contributed by atoms with E-state index in [-0.39, 0.29) is 23.4 Å². The van der Waals surface area contributed by atoms with Crippen LogP contribution in [0.2, 0.25) is 0 Å². The van der Waals surface area contributed by atoms with Crippen LogP contribution in [-0.2, 0) is 16.6 Å². The van der Waals surface area contributed by atoms with Crippen LogP contribution in [0.5, 0.6) is 11.5 Å². The lowest BCUT2D eigenvalue weighted by atomic mass is 10.1. The molecule has 0 atom stereocenters. The minimum atomic E-state index is -3.54. The lowest BCUT2D eigenvalue weighted by molar-refractivity contribution is 0.0950. The topological polar surface area (TPSA) is 84.9 Å². The smallest absolute Gasteiger partial charge is 0.251 e. The molecule has 0 radical (unpaired) electrons. The van der Waals surface area contributed by atoms with Crippen molar-refractivity contribution in [2.45, 2.75) is 38.3 Å². The molecule has 7 nitrogen and oxygen atoms in total. The fraction of sp³-hybridized carbons (Fsp3) is 0.381. The number of ether oxygens (including phenoxy) is 2. The molecule has 30 heavy (non-hydrogen) atoms. The minimum absolute atomic E-state index is 0.139. The van der Waals surface area contributed by atoms with Crippen LogP contribution in [0.1, 0.15) is 36.7 Å². The number of carbonyl (C=O) groups excluding carboxylic acids is 1. The lowest BCUT2D eigenvalue weighted by Crippen LogP contribution is -2.33. The molecule has 1 N–H and O–H groups in total. The molecule has 0 spiro atoms. The number of nitrogens with one attached hydrogen (secondary N) is 1. The van der Waals surface area contributed by atoms with Gasteiger partial charge in [0.1, 0.15) is 0 Å². The molecule has 9 heteroatoms. The number of carbonyl (C=O) groups is 1. The highest BCUT2D eigenvalue weighted by Gasteiger charge is 2.22. The van der Waals surface area contributed by atoms with Gasteiger partial charge in [0.2, 0.25) is 10.0 Å². The predicted molar refractivity (Wildman–Crippen MR) is 120 cm³/mol. The summed E-state index contributed by atoms with van der Waals surface area (Å²) in [6.07, 6.45) is 0. The number of benzene rings is 2. The highest BCUT2D eigenvalue weighted by atomic mass is 79.9. The fourth-order valence-electron chi connectivity index (χ4n) is 2.64. The van der Waals surface area contributed by atoms with E-state index in [1.54, 1.807) is 43.4 Å². The summed E-state index contributed by atoms with van der Waals surface area (Å²) in [7, 11) is -0.470. The normalized spacial score (nSPS) is 11.6. The molecule has 1 amide bonds. The molecule has 0 aliphatic heterocycles. The van der Waals surface area contributed by atoms with Crippen molar-refractivity contribution in [2.75, 3.05) is 20.8 Å². The maximum atomic E-state index is 12.6. The highest BCUT2D eigenvalue weighted by molar-refractivity contribution is 9.10. The third-order valence-corrected chi connectivity index (χ3v) is 7.20. The first-order valence-corrected chi connectivity index (χ1v) is 11.7. The van der Waals surface area contributed by atoms with Gasteiger partial charge in [-0.05, 0) is 66.5 Å². The molecule has 2 aromatic rings. The minimum Gasteiger partial charge on any atom is -0.493 e. The molecular formula is C21H27BrN2O5S. The Balaban J connectivity index is 2.11. The third kappa shape index (κ3) is 5.53. The number of nitrogens with zero attached hydrogens (tertiary/aromatic N) is 1. The van der Waals surface area contributed by atoms with Gasteiger partial charge in [-0.25, -0.2) is 8.42 Å². The van der Waals surface area contributed by atoms with Gasteiger partial charge in [0, 0.05) is 25.2 Å². The fourth-order valence-corrected chi connectivity index (χ4v) is 4.57. The molecule has 0 aromatic heterocycles. The standard InChI is InChI=1S/C21H27BrN2O5S/c1-6-29-20-18(22)11-16(12-19(20)28-5)21(25)23-13-15-7-9-17(10-8-15)30(26,27)24(4)14(2)3/h7-12,14H,6,13H2,1-5H3,(H,23,25). The highest BCUT2D eigenvalue weighted by Crippen LogP contribution is 2.36. The van der Waals surface area contributed by atoms with Crippen molar-refractivity contribution in [3.8, 4) is 11.5 Å². The second-order valence-corrected chi connectivity index (χ2v) is 9.72. The Hall–Kier alpha value is -2.10. The number of hydrogen-bond acceptors (Lipinski definition) is 5. The van der Waals surface area contributed by atoms with Crippen molar-refractivity contribution in [1.29, 1.82) is 0 Å². The van der Waals surface area contributed by atoms with Gasteiger partial charge in [-0.3, -0.25) is 4.79 Å². The molecule has 0 aliphatic carbocycles. The Bertz CT molecular complexity index is 991. The Kier molecular flexibility index (Phi) is 8.28. The summed E-state index contributed by atoms with van der Waals surface area (Å²) in [6, 6.07) is 9.62. The quantitative estimate of drug-likeness (QED) is 0.567. The Morgan fingerprint density at radius 3 is 2.37 bits per heavy atom. The first kappa shape index (κ1) is 24.2. The zero-order valence-electron chi connectivity index (χ0n) is 17.7. The number of methoxy groups -OCH3 is 1. The van der Waals surface area contributed by atoms with Crippen molar-refractivity contribution in [3.05, 3.63) is 52.0 Å². The number of sulfonamides is 1. The Morgan fingerprint density at radius 2 is 1.83 bits per heavy atom. The molecule has 2 aromatic carbocycles. The molecule has 0 aliphatic rings. The van der Waals surface area contributed by atoms with Crippen LogP contribution in [0.15, 0.2) is 45.8 Å². The summed E-state index contributed by atoms with van der Waals surface area (Å²) in [6.45, 7) is 6.22. The first-order valence-electron chi connectivity index (χ1n) is 9.47. The summed E-state index contributed by atoms with van der Waals surface area (Å²) in [5.74, 6) is 0.716. The van der Waals surface area contributed by atoms with E-state index in [0.717, 1.165) is 5.56 Å². The van der Waals surface area contributed by atoms with E-state index in [1.807, 2.05) is 20.8 Å². The van der Waals surface area contributed by atoms with Crippen molar-refractivity contribution < 1.29 is 22.7 Å². The Morgan fingerprint density at radius 1 is 1.20 bits per heavy atom. The molecule has 0 saturated carbocycles. The van der Waals surface area contributed by atoms with Crippen LogP contribution in [0.3, 0.4) is 0 Å². The summed E-state index contributed by atoms with van der Waals surface area (Å²) in [5, 5.41) is 2.83. The van der Waals surface area contributed by atoms with Gasteiger partial charge >= 0.3 is 0 Å². The predicted octanol–water partition coefficient (Wildman–Crippen LogP) is 3.82. The first-order chi connectivity index (χ1) is 14.1. The number of rotatable bonds is 9. The third-order valence-electron chi connectivity index (χ3n) is 4.56. The van der Waals surface area contributed by atoms with E-state index in [2.05, 4.69) is 21.2 Å². The zero-order valence-corrected chi connectivity index (χ0v) is 20.1. The number of amides is 1. The summed E-state index contributed by atoms with van der Waals surface area (Å²) in [5.41, 5.74) is 1.20. The van der Waals surface area contributed by atoms with Gasteiger partial charge in [-0.1, -0.05) is 12.1 Å². The van der Waals surface area contributed by atoms with Gasteiger partial charge in [0.05, 0.1) is 23.1 Å². The van der Waals surface area contributed by atoms with Gasteiger partial charge in [0.15, 0.2) is 11.5 Å². The van der Waals surface area contributed by atoms with E-state index in [1.165, 1.54) is 11.4 Å². The van der Waals surface area contributed by atoms with Crippen LogP contribution in [0, 0.1) is 0 Å². The average molecular weight is 499 g/mol. The lowest BCUT2D eigenvalue weighted by Gasteiger charge is -2.21. The largest absolute Gasteiger partial charge is 0.493 e. The maximum Gasteiger partial charge on any atom is 0.251 e. The summed E-state index contributed by atoms with van der Waals surface area (Å²) in [4.78, 5) is 12.8. The van der Waals surface area contributed by atoms with Crippen LogP contribution >= 0.6 is 15.9 Å². The van der Waals surface area contributed by atoms with Crippen molar-refractivity contribution in [3.63, 3.8) is 0 Å². The Labute approximate surface area is 186 Å². The van der Waals surface area contributed by atoms with Crippen molar-refractivity contribution in [2.24, 2.45) is 0 Å². The van der Waals surface area contributed by atoms with E-state index in [0.29, 0.717) is 28.1 Å². The molecule has 0 fully saturated rings. The second-order valence-electron chi connectivity index (χ2n) is 6.86. The van der Waals surface area contributed by atoms with E-state index < -0.39 is 10.0 Å². The molecule has 0 unspecified atom stereocenters. The summed E-state index contributed by atoms with van der Waals surface area (Å²) >= 11 is 3.41. The molecule has 0 saturated heterocycles. The van der Waals surface area contributed by atoms with E-state index in [4.69, 9.17) is 9.47 Å². The summed E-state index contributed by atoms with van der Waals surface area (Å²) < 4.78 is 37.9. The van der Waals surface area contributed by atoms with Gasteiger partial charge in [-0.15, -0.1) is 0 Å². The van der Waals surface area contributed by atoms with Crippen LogP contribution < -0.4 is 14.8 Å². The van der Waals surface area contributed by atoms with Crippen molar-refractivity contribution in [1.82, 2.24) is 9.62 Å². The average Bonchev–Trinajstić information content (AvgIpc) is 2.72.